The average molecular weight is 205 g/mol. The molecule has 14 heavy (non-hydrogen) atoms. The minimum atomic E-state index is -0.470. The maximum Gasteiger partial charge on any atom is 0.250 e. The first-order chi connectivity index (χ1) is 6.77. The topological polar surface area (TPSA) is 68.9 Å². The first kappa shape index (κ1) is 8.83. The Morgan fingerprint density at radius 3 is 2.79 bits per heavy atom. The fraction of sp³-hybridized carbons (Fsp3) is 0. The molecule has 0 aliphatic rings. The molecule has 0 aliphatic heterocycles. The van der Waals surface area contributed by atoms with Crippen LogP contribution < -0.4 is 5.73 Å². The molecule has 0 unspecified atom stereocenters. The molecule has 0 atom stereocenters. The van der Waals surface area contributed by atoms with E-state index in [4.69, 9.17) is 5.73 Å². The SMILES string of the molecule is NC(=O)c1cncc(-c2cnsc2)c1. The van der Waals surface area contributed by atoms with Gasteiger partial charge < -0.3 is 5.73 Å². The molecular weight excluding hydrogens is 198 g/mol. The molecule has 0 aromatic carbocycles. The second-order valence-electron chi connectivity index (χ2n) is 2.74. The molecule has 2 rings (SSSR count). The summed E-state index contributed by atoms with van der Waals surface area (Å²) in [5.74, 6) is -0.470. The van der Waals surface area contributed by atoms with Crippen molar-refractivity contribution in [2.75, 3.05) is 0 Å². The Kier molecular flexibility index (Phi) is 2.24. The van der Waals surface area contributed by atoms with Crippen molar-refractivity contribution < 1.29 is 4.79 Å². The molecule has 2 aromatic heterocycles. The molecule has 5 heteroatoms. The Bertz CT molecular complexity index is 453. The largest absolute Gasteiger partial charge is 0.366 e. The highest BCUT2D eigenvalue weighted by atomic mass is 32.1. The number of aromatic nitrogens is 2. The lowest BCUT2D eigenvalue weighted by Gasteiger charge is -1.98. The van der Waals surface area contributed by atoms with Gasteiger partial charge in [0.1, 0.15) is 0 Å². The number of hydrogen-bond acceptors (Lipinski definition) is 4. The van der Waals surface area contributed by atoms with Gasteiger partial charge in [0.05, 0.1) is 5.56 Å². The van der Waals surface area contributed by atoms with E-state index in [0.717, 1.165) is 11.1 Å². The number of hydrogen-bond donors (Lipinski definition) is 1. The van der Waals surface area contributed by atoms with Gasteiger partial charge in [0.2, 0.25) is 5.91 Å². The summed E-state index contributed by atoms with van der Waals surface area (Å²) in [6.07, 6.45) is 4.86. The van der Waals surface area contributed by atoms with Crippen molar-refractivity contribution in [1.82, 2.24) is 9.36 Å². The van der Waals surface area contributed by atoms with Gasteiger partial charge in [-0.05, 0) is 17.6 Å². The number of amides is 1. The maximum atomic E-state index is 10.9. The van der Waals surface area contributed by atoms with Crippen LogP contribution in [0, 0.1) is 0 Å². The molecular formula is C9H7N3OS. The van der Waals surface area contributed by atoms with Gasteiger partial charge in [-0.2, -0.15) is 0 Å². The lowest BCUT2D eigenvalue weighted by molar-refractivity contribution is 0.1000. The second-order valence-corrected chi connectivity index (χ2v) is 3.40. The first-order valence-electron chi connectivity index (χ1n) is 3.92. The number of carbonyl (C=O) groups excluding carboxylic acids is 1. The van der Waals surface area contributed by atoms with Gasteiger partial charge in [-0.3, -0.25) is 9.78 Å². The van der Waals surface area contributed by atoms with Gasteiger partial charge in [0, 0.05) is 35.1 Å². The predicted molar refractivity (Wildman–Crippen MR) is 53.9 cm³/mol. The van der Waals surface area contributed by atoms with Crippen LogP contribution in [-0.4, -0.2) is 15.3 Å². The average Bonchev–Trinajstić information content (AvgIpc) is 2.71. The Morgan fingerprint density at radius 1 is 1.29 bits per heavy atom. The summed E-state index contributed by atoms with van der Waals surface area (Å²) in [5.41, 5.74) is 7.36. The number of pyridine rings is 1. The molecule has 2 aromatic rings. The van der Waals surface area contributed by atoms with Crippen molar-refractivity contribution >= 4 is 17.4 Å². The zero-order valence-electron chi connectivity index (χ0n) is 7.18. The van der Waals surface area contributed by atoms with Crippen LogP contribution >= 0.6 is 11.5 Å². The fourth-order valence-corrected chi connectivity index (χ4v) is 1.63. The van der Waals surface area contributed by atoms with Gasteiger partial charge in [-0.1, -0.05) is 0 Å². The summed E-state index contributed by atoms with van der Waals surface area (Å²) in [5, 5.41) is 1.89. The maximum absolute atomic E-state index is 10.9. The molecule has 0 radical (unpaired) electrons. The van der Waals surface area contributed by atoms with Gasteiger partial charge in [-0.15, -0.1) is 0 Å². The van der Waals surface area contributed by atoms with Crippen LogP contribution in [0.3, 0.4) is 0 Å². The zero-order chi connectivity index (χ0) is 9.97. The number of rotatable bonds is 2. The van der Waals surface area contributed by atoms with E-state index in [-0.39, 0.29) is 0 Å². The monoisotopic (exact) mass is 205 g/mol. The Balaban J connectivity index is 2.46. The standard InChI is InChI=1S/C9H7N3OS/c10-9(13)7-1-6(2-11-3-7)8-4-12-14-5-8/h1-5H,(H2,10,13). The molecule has 0 spiro atoms. The zero-order valence-corrected chi connectivity index (χ0v) is 7.99. The highest BCUT2D eigenvalue weighted by molar-refractivity contribution is 7.03. The molecule has 0 saturated heterocycles. The fourth-order valence-electron chi connectivity index (χ4n) is 1.08. The molecule has 70 valence electrons. The Hall–Kier alpha value is -1.75. The van der Waals surface area contributed by atoms with Crippen LogP contribution in [0.1, 0.15) is 10.4 Å². The van der Waals surface area contributed by atoms with Crippen molar-refractivity contribution in [3.05, 3.63) is 35.6 Å². The molecule has 0 saturated carbocycles. The van der Waals surface area contributed by atoms with E-state index in [9.17, 15) is 4.79 Å². The highest BCUT2D eigenvalue weighted by Gasteiger charge is 2.04. The van der Waals surface area contributed by atoms with E-state index >= 15 is 0 Å². The molecule has 4 nitrogen and oxygen atoms in total. The summed E-state index contributed by atoms with van der Waals surface area (Å²) >= 11 is 1.35. The van der Waals surface area contributed by atoms with Gasteiger partial charge in [0.25, 0.3) is 0 Å². The molecule has 0 aliphatic carbocycles. The van der Waals surface area contributed by atoms with Crippen molar-refractivity contribution in [3.8, 4) is 11.1 Å². The second kappa shape index (κ2) is 3.55. The van der Waals surface area contributed by atoms with E-state index in [1.54, 1.807) is 18.5 Å². The van der Waals surface area contributed by atoms with Gasteiger partial charge in [0.15, 0.2) is 0 Å². The summed E-state index contributed by atoms with van der Waals surface area (Å²) in [7, 11) is 0. The molecule has 2 N–H and O–H groups in total. The van der Waals surface area contributed by atoms with Gasteiger partial charge in [-0.25, -0.2) is 4.37 Å². The van der Waals surface area contributed by atoms with Crippen LogP contribution in [-0.2, 0) is 0 Å². The minimum Gasteiger partial charge on any atom is -0.366 e. The molecule has 1 amide bonds. The third-order valence-electron chi connectivity index (χ3n) is 1.79. The van der Waals surface area contributed by atoms with E-state index in [1.807, 2.05) is 5.38 Å². The minimum absolute atomic E-state index is 0.411. The van der Waals surface area contributed by atoms with Crippen LogP contribution in [0.25, 0.3) is 11.1 Å². The lowest BCUT2D eigenvalue weighted by atomic mass is 10.1. The highest BCUT2D eigenvalue weighted by Crippen LogP contribution is 2.19. The Morgan fingerprint density at radius 2 is 2.14 bits per heavy atom. The van der Waals surface area contributed by atoms with E-state index in [2.05, 4.69) is 9.36 Å². The van der Waals surface area contributed by atoms with Crippen molar-refractivity contribution in [2.45, 2.75) is 0 Å². The predicted octanol–water partition coefficient (Wildman–Crippen LogP) is 1.30. The smallest absolute Gasteiger partial charge is 0.250 e. The number of nitrogens with zero attached hydrogens (tertiary/aromatic N) is 2. The third-order valence-corrected chi connectivity index (χ3v) is 2.37. The van der Waals surface area contributed by atoms with Crippen molar-refractivity contribution in [2.24, 2.45) is 5.73 Å². The Labute approximate surface area is 84.6 Å². The van der Waals surface area contributed by atoms with E-state index < -0.39 is 5.91 Å². The lowest BCUT2D eigenvalue weighted by Crippen LogP contribution is -2.11. The molecule has 2 heterocycles. The number of carbonyl (C=O) groups is 1. The number of nitrogens with two attached hydrogens (primary N) is 1. The first-order valence-corrected chi connectivity index (χ1v) is 4.75. The van der Waals surface area contributed by atoms with Crippen LogP contribution in [0.4, 0.5) is 0 Å². The normalized spacial score (nSPS) is 10.0. The summed E-state index contributed by atoms with van der Waals surface area (Å²) in [6, 6.07) is 1.71. The third kappa shape index (κ3) is 1.62. The van der Waals surface area contributed by atoms with Crippen LogP contribution in [0.5, 0.6) is 0 Å². The van der Waals surface area contributed by atoms with Crippen molar-refractivity contribution in [1.29, 1.82) is 0 Å². The van der Waals surface area contributed by atoms with Gasteiger partial charge >= 0.3 is 0 Å². The van der Waals surface area contributed by atoms with E-state index in [1.165, 1.54) is 17.7 Å². The van der Waals surface area contributed by atoms with E-state index in [0.29, 0.717) is 5.56 Å². The van der Waals surface area contributed by atoms with Crippen molar-refractivity contribution in [3.63, 3.8) is 0 Å². The van der Waals surface area contributed by atoms with Crippen LogP contribution in [0.15, 0.2) is 30.0 Å². The summed E-state index contributed by atoms with van der Waals surface area (Å²) < 4.78 is 3.97. The quantitative estimate of drug-likeness (QED) is 0.803. The molecule has 0 fully saturated rings. The summed E-state index contributed by atoms with van der Waals surface area (Å²) in [4.78, 5) is 14.8. The number of primary amides is 1. The molecule has 0 bridgehead atoms. The van der Waals surface area contributed by atoms with Crippen LogP contribution in [0.2, 0.25) is 0 Å². The summed E-state index contributed by atoms with van der Waals surface area (Å²) in [6.45, 7) is 0.